The average Bonchev–Trinajstić information content (AvgIpc) is 3.03. The maximum Gasteiger partial charge on any atom is 0.236 e. The summed E-state index contributed by atoms with van der Waals surface area (Å²) in [6, 6.07) is 6.75. The molecule has 1 aromatic carbocycles. The summed E-state index contributed by atoms with van der Waals surface area (Å²) < 4.78 is 13.1. The third-order valence-electron chi connectivity index (χ3n) is 5.15. The molecule has 136 valence electrons. The van der Waals surface area contributed by atoms with E-state index in [4.69, 9.17) is 0 Å². The number of benzene rings is 1. The minimum atomic E-state index is -0.215. The molecule has 0 spiro atoms. The molecule has 2 aliphatic heterocycles. The van der Waals surface area contributed by atoms with Crippen LogP contribution < -0.4 is 5.32 Å². The number of piperidine rings is 1. The van der Waals surface area contributed by atoms with E-state index < -0.39 is 0 Å². The monoisotopic (exact) mass is 347 g/mol. The van der Waals surface area contributed by atoms with Crippen LogP contribution >= 0.6 is 0 Å². The molecule has 2 heterocycles. The molecule has 0 unspecified atom stereocenters. The van der Waals surface area contributed by atoms with Gasteiger partial charge >= 0.3 is 0 Å². The smallest absolute Gasteiger partial charge is 0.236 e. The van der Waals surface area contributed by atoms with Crippen molar-refractivity contribution in [3.63, 3.8) is 0 Å². The van der Waals surface area contributed by atoms with Gasteiger partial charge in [-0.25, -0.2) is 4.39 Å². The summed E-state index contributed by atoms with van der Waals surface area (Å²) in [7, 11) is 0. The Hall–Kier alpha value is -1.95. The van der Waals surface area contributed by atoms with Gasteiger partial charge in [-0.1, -0.05) is 12.1 Å². The van der Waals surface area contributed by atoms with Gasteiger partial charge < -0.3 is 10.2 Å². The third-order valence-corrected chi connectivity index (χ3v) is 5.15. The molecule has 0 saturated carbocycles. The Morgan fingerprint density at radius 1 is 1.16 bits per heavy atom. The molecule has 2 atom stereocenters. The van der Waals surface area contributed by atoms with Crippen molar-refractivity contribution in [3.05, 3.63) is 35.6 Å². The molecule has 0 aliphatic carbocycles. The van der Waals surface area contributed by atoms with Crippen LogP contribution in [0.15, 0.2) is 24.3 Å². The van der Waals surface area contributed by atoms with Crippen LogP contribution in [0.25, 0.3) is 0 Å². The second kappa shape index (κ2) is 7.95. The summed E-state index contributed by atoms with van der Waals surface area (Å²) in [5.74, 6) is 0.241. The number of carbonyl (C=O) groups excluding carboxylic acids is 2. The quantitative estimate of drug-likeness (QED) is 0.903. The van der Waals surface area contributed by atoms with Gasteiger partial charge in [0.05, 0.1) is 6.54 Å². The normalized spacial score (nSPS) is 24.3. The van der Waals surface area contributed by atoms with Crippen molar-refractivity contribution in [1.29, 1.82) is 0 Å². The van der Waals surface area contributed by atoms with Gasteiger partial charge in [0.1, 0.15) is 5.82 Å². The van der Waals surface area contributed by atoms with Gasteiger partial charge in [0.15, 0.2) is 0 Å². The lowest BCUT2D eigenvalue weighted by Gasteiger charge is -2.34. The Labute approximate surface area is 148 Å². The topological polar surface area (TPSA) is 52.7 Å². The first kappa shape index (κ1) is 17.9. The maximum atomic E-state index is 13.1. The number of hydrogen-bond acceptors (Lipinski definition) is 3. The minimum Gasteiger partial charge on any atom is -0.352 e. The number of carbonyl (C=O) groups is 2. The largest absolute Gasteiger partial charge is 0.352 e. The molecule has 3 rings (SSSR count). The highest BCUT2D eigenvalue weighted by Gasteiger charge is 2.29. The van der Waals surface area contributed by atoms with Crippen molar-refractivity contribution in [2.45, 2.75) is 38.1 Å². The minimum absolute atomic E-state index is 0.0408. The zero-order valence-corrected chi connectivity index (χ0v) is 14.7. The highest BCUT2D eigenvalue weighted by molar-refractivity contribution is 5.79. The molecule has 2 aliphatic rings. The molecule has 0 bridgehead atoms. The van der Waals surface area contributed by atoms with E-state index in [0.717, 1.165) is 44.5 Å². The summed E-state index contributed by atoms with van der Waals surface area (Å²) in [6.07, 6.45) is 2.85. The van der Waals surface area contributed by atoms with Gasteiger partial charge in [0.2, 0.25) is 11.8 Å². The Morgan fingerprint density at radius 2 is 1.92 bits per heavy atom. The van der Waals surface area contributed by atoms with Gasteiger partial charge in [-0.2, -0.15) is 0 Å². The molecule has 0 radical (unpaired) electrons. The van der Waals surface area contributed by atoms with E-state index in [-0.39, 0.29) is 23.7 Å². The first-order valence-electron chi connectivity index (χ1n) is 9.04. The van der Waals surface area contributed by atoms with Crippen molar-refractivity contribution in [2.75, 3.05) is 32.7 Å². The van der Waals surface area contributed by atoms with E-state index in [1.54, 1.807) is 0 Å². The van der Waals surface area contributed by atoms with Crippen molar-refractivity contribution in [3.8, 4) is 0 Å². The summed E-state index contributed by atoms with van der Waals surface area (Å²) in [4.78, 5) is 27.9. The highest BCUT2D eigenvalue weighted by Crippen LogP contribution is 2.27. The first-order chi connectivity index (χ1) is 12.0. The van der Waals surface area contributed by atoms with Gasteiger partial charge in [-0.15, -0.1) is 0 Å². The molecule has 25 heavy (non-hydrogen) atoms. The fourth-order valence-electron chi connectivity index (χ4n) is 3.88. The van der Waals surface area contributed by atoms with E-state index in [1.807, 2.05) is 17.0 Å². The Morgan fingerprint density at radius 3 is 2.64 bits per heavy atom. The van der Waals surface area contributed by atoms with Crippen LogP contribution in [0.4, 0.5) is 4.39 Å². The zero-order valence-electron chi connectivity index (χ0n) is 14.7. The van der Waals surface area contributed by atoms with Crippen molar-refractivity contribution < 1.29 is 14.0 Å². The molecule has 1 N–H and O–H groups in total. The summed E-state index contributed by atoms with van der Waals surface area (Å²) in [6.45, 7) is 5.03. The van der Waals surface area contributed by atoms with Crippen LogP contribution in [0.5, 0.6) is 0 Å². The lowest BCUT2D eigenvalue weighted by Crippen LogP contribution is -2.51. The molecule has 0 aromatic heterocycles. The van der Waals surface area contributed by atoms with Crippen LogP contribution in [0.1, 0.15) is 37.7 Å². The summed E-state index contributed by atoms with van der Waals surface area (Å²) in [5, 5.41) is 2.92. The van der Waals surface area contributed by atoms with Crippen molar-refractivity contribution in [2.24, 2.45) is 0 Å². The fourth-order valence-corrected chi connectivity index (χ4v) is 3.88. The molecule has 1 aromatic rings. The number of hydrogen-bond donors (Lipinski definition) is 1. The Balaban J connectivity index is 1.50. The number of likely N-dealkylation sites (tertiary alicyclic amines) is 2. The van der Waals surface area contributed by atoms with E-state index >= 15 is 0 Å². The van der Waals surface area contributed by atoms with Crippen LogP contribution in [-0.2, 0) is 9.59 Å². The number of nitrogens with one attached hydrogen (secondary N) is 1. The highest BCUT2D eigenvalue weighted by atomic mass is 19.1. The maximum absolute atomic E-state index is 13.1. The average molecular weight is 347 g/mol. The van der Waals surface area contributed by atoms with Crippen LogP contribution in [0.3, 0.4) is 0 Å². The van der Waals surface area contributed by atoms with E-state index in [2.05, 4.69) is 10.2 Å². The molecule has 2 amide bonds. The summed E-state index contributed by atoms with van der Waals surface area (Å²) in [5.41, 5.74) is 1.14. The van der Waals surface area contributed by atoms with Crippen LogP contribution in [-0.4, -0.2) is 60.4 Å². The second-order valence-corrected chi connectivity index (χ2v) is 7.15. The number of rotatable bonds is 4. The summed E-state index contributed by atoms with van der Waals surface area (Å²) >= 11 is 0. The van der Waals surface area contributed by atoms with Crippen molar-refractivity contribution in [1.82, 2.24) is 15.1 Å². The van der Waals surface area contributed by atoms with Gasteiger partial charge in [0, 0.05) is 32.6 Å². The molecule has 6 heteroatoms. The van der Waals surface area contributed by atoms with Crippen molar-refractivity contribution >= 4 is 11.8 Å². The molecular weight excluding hydrogens is 321 g/mol. The molecular formula is C19H26FN3O2. The standard InChI is InChI=1S/C19H26FN3O2/c1-14(24)21-18-3-2-9-23(12-18)19(25)13-22-10-8-16(11-22)15-4-6-17(20)7-5-15/h4-7,16,18H,2-3,8-13H2,1H3,(H,21,24)/t16-,18+/m1/s1. The fraction of sp³-hybridized carbons (Fsp3) is 0.579. The molecule has 2 saturated heterocycles. The predicted molar refractivity (Wildman–Crippen MR) is 93.6 cm³/mol. The number of halogens is 1. The van der Waals surface area contributed by atoms with Gasteiger partial charge in [-0.3, -0.25) is 14.5 Å². The number of nitrogens with zero attached hydrogens (tertiary/aromatic N) is 2. The predicted octanol–water partition coefficient (Wildman–Crippen LogP) is 1.74. The SMILES string of the molecule is CC(=O)N[C@H]1CCCN(C(=O)CN2CC[C@@H](c3ccc(F)cc3)C2)C1. The van der Waals surface area contributed by atoms with E-state index in [1.165, 1.54) is 19.1 Å². The van der Waals surface area contributed by atoms with Gasteiger partial charge in [0.25, 0.3) is 0 Å². The Kier molecular flexibility index (Phi) is 5.68. The zero-order chi connectivity index (χ0) is 17.8. The lowest BCUT2D eigenvalue weighted by molar-refractivity contribution is -0.134. The van der Waals surface area contributed by atoms with Crippen LogP contribution in [0.2, 0.25) is 0 Å². The van der Waals surface area contributed by atoms with Crippen LogP contribution in [0, 0.1) is 5.82 Å². The second-order valence-electron chi connectivity index (χ2n) is 7.15. The van der Waals surface area contributed by atoms with E-state index in [0.29, 0.717) is 19.0 Å². The third kappa shape index (κ3) is 4.78. The van der Waals surface area contributed by atoms with E-state index in [9.17, 15) is 14.0 Å². The van der Waals surface area contributed by atoms with Gasteiger partial charge in [-0.05, 0) is 49.4 Å². The number of amides is 2. The Bertz CT molecular complexity index is 620. The lowest BCUT2D eigenvalue weighted by atomic mass is 9.99. The molecule has 5 nitrogen and oxygen atoms in total. The first-order valence-corrected chi connectivity index (χ1v) is 9.04. The molecule has 2 fully saturated rings.